The zero-order valence-electron chi connectivity index (χ0n) is 9.77. The van der Waals surface area contributed by atoms with E-state index in [1.165, 1.54) is 0 Å². The number of nitrogens with zero attached hydrogens (tertiary/aromatic N) is 1. The van der Waals surface area contributed by atoms with E-state index in [0.29, 0.717) is 12.8 Å². The molecule has 104 valence electrons. The smallest absolute Gasteiger partial charge is 0.356 e. The topological polar surface area (TPSA) is 55.7 Å². The number of alkyl halides is 3. The summed E-state index contributed by atoms with van der Waals surface area (Å²) in [5, 5.41) is 0. The van der Waals surface area contributed by atoms with Crippen molar-refractivity contribution in [2.45, 2.75) is 31.3 Å². The highest BCUT2D eigenvalue weighted by atomic mass is 32.2. The van der Waals surface area contributed by atoms with Gasteiger partial charge in [0.25, 0.3) is 0 Å². The molecule has 0 radical (unpaired) electrons. The Labute approximate surface area is 104 Å². The second-order valence-corrected chi connectivity index (χ2v) is 4.91. The van der Waals surface area contributed by atoms with Crippen LogP contribution in [0.3, 0.4) is 0 Å². The van der Waals surface area contributed by atoms with E-state index in [9.17, 15) is 21.6 Å². The number of halogens is 3. The molecule has 1 atom stereocenters. The number of hydrogen-bond acceptors (Lipinski definition) is 4. The first-order chi connectivity index (χ1) is 8.14. The predicted molar refractivity (Wildman–Crippen MR) is 62.6 cm³/mol. The van der Waals surface area contributed by atoms with Crippen molar-refractivity contribution in [2.24, 2.45) is 4.99 Å². The quantitative estimate of drug-likeness (QED) is 0.248. The van der Waals surface area contributed by atoms with Crippen LogP contribution in [0.25, 0.3) is 0 Å². The van der Waals surface area contributed by atoms with Gasteiger partial charge in [0.1, 0.15) is 0 Å². The van der Waals surface area contributed by atoms with Crippen LogP contribution in [-0.4, -0.2) is 25.9 Å². The van der Waals surface area contributed by atoms with Gasteiger partial charge in [-0.05, 0) is 25.8 Å². The fraction of sp³-hybridized carbons (Fsp3) is 0.500. The maximum atomic E-state index is 12.1. The van der Waals surface area contributed by atoms with Crippen molar-refractivity contribution in [3.8, 4) is 0 Å². The van der Waals surface area contributed by atoms with Crippen LogP contribution in [0.5, 0.6) is 0 Å². The van der Waals surface area contributed by atoms with E-state index in [1.807, 2.05) is 0 Å². The van der Waals surface area contributed by atoms with Crippen molar-refractivity contribution in [3.05, 3.63) is 25.3 Å². The van der Waals surface area contributed by atoms with Gasteiger partial charge < -0.3 is 4.18 Å². The highest BCUT2D eigenvalue weighted by Gasteiger charge is 2.49. The Morgan fingerprint density at radius 1 is 1.44 bits per heavy atom. The number of aliphatic imine (C=N–C) groups is 1. The molecule has 0 aromatic carbocycles. The Morgan fingerprint density at radius 3 is 2.39 bits per heavy atom. The van der Waals surface area contributed by atoms with E-state index in [2.05, 4.69) is 22.3 Å². The molecule has 1 unspecified atom stereocenters. The summed E-state index contributed by atoms with van der Waals surface area (Å²) < 4.78 is 61.5. The van der Waals surface area contributed by atoms with Gasteiger partial charge in [0, 0.05) is 0 Å². The molecule has 0 rings (SSSR count). The Kier molecular flexibility index (Phi) is 6.10. The minimum absolute atomic E-state index is 0.403. The molecule has 0 saturated carbocycles. The first-order valence-corrected chi connectivity index (χ1v) is 6.36. The standard InChI is InChI=1S/C10H14F3NO3S/c1-4-6-7-8(3)14-9(5-2)17-18(15,16)10(11,12)13/h4-5,8H,1-2,6-7H2,3H3. The summed E-state index contributed by atoms with van der Waals surface area (Å²) in [7, 11) is -5.70. The van der Waals surface area contributed by atoms with E-state index < -0.39 is 27.6 Å². The Bertz CT molecular complexity index is 426. The maximum Gasteiger partial charge on any atom is 0.534 e. The van der Waals surface area contributed by atoms with Crippen LogP contribution in [0.1, 0.15) is 19.8 Å². The van der Waals surface area contributed by atoms with Crippen molar-refractivity contribution < 1.29 is 25.8 Å². The Balaban J connectivity index is 4.87. The van der Waals surface area contributed by atoms with Crippen LogP contribution in [0.15, 0.2) is 30.3 Å². The van der Waals surface area contributed by atoms with Gasteiger partial charge in [-0.3, -0.25) is 0 Å². The summed E-state index contributed by atoms with van der Waals surface area (Å²) in [5.74, 6) is -0.677. The molecule has 0 N–H and O–H groups in total. The lowest BCUT2D eigenvalue weighted by molar-refractivity contribution is -0.0504. The summed E-state index contributed by atoms with van der Waals surface area (Å²) in [6.07, 6.45) is 3.54. The van der Waals surface area contributed by atoms with Gasteiger partial charge in [-0.15, -0.1) is 6.58 Å². The van der Waals surface area contributed by atoms with Gasteiger partial charge in [0.05, 0.1) is 6.04 Å². The average molecular weight is 285 g/mol. The lowest BCUT2D eigenvalue weighted by atomic mass is 10.2. The Hall–Kier alpha value is -1.31. The molecule has 0 aliphatic carbocycles. The average Bonchev–Trinajstić information content (AvgIpc) is 2.23. The van der Waals surface area contributed by atoms with Crippen LogP contribution in [0.4, 0.5) is 13.2 Å². The normalized spacial score (nSPS) is 15.0. The van der Waals surface area contributed by atoms with Crippen LogP contribution >= 0.6 is 0 Å². The van der Waals surface area contributed by atoms with E-state index in [0.717, 1.165) is 6.08 Å². The summed E-state index contributed by atoms with van der Waals surface area (Å²) in [6.45, 7) is 8.24. The van der Waals surface area contributed by atoms with Gasteiger partial charge in [-0.1, -0.05) is 12.7 Å². The summed E-state index contributed by atoms with van der Waals surface area (Å²) >= 11 is 0. The maximum absolute atomic E-state index is 12.1. The summed E-state index contributed by atoms with van der Waals surface area (Å²) in [6, 6.07) is -0.403. The van der Waals surface area contributed by atoms with Gasteiger partial charge in [0.15, 0.2) is 0 Å². The van der Waals surface area contributed by atoms with Crippen molar-refractivity contribution in [1.29, 1.82) is 0 Å². The second-order valence-electron chi connectivity index (χ2n) is 3.37. The molecule has 8 heteroatoms. The molecule has 4 nitrogen and oxygen atoms in total. The SMILES string of the molecule is C=CCCC(C)N=C(C=C)OS(=O)(=O)C(F)(F)F. The number of allylic oxidation sites excluding steroid dienone is 1. The first kappa shape index (κ1) is 16.7. The number of hydrogen-bond donors (Lipinski definition) is 0. The molecule has 0 bridgehead atoms. The van der Waals surface area contributed by atoms with Crippen LogP contribution < -0.4 is 0 Å². The van der Waals surface area contributed by atoms with E-state index >= 15 is 0 Å². The summed E-state index contributed by atoms with van der Waals surface area (Å²) in [4.78, 5) is 3.68. The van der Waals surface area contributed by atoms with Gasteiger partial charge in [-0.25, -0.2) is 4.99 Å². The molecular formula is C10H14F3NO3S. The zero-order valence-corrected chi connectivity index (χ0v) is 10.6. The molecule has 0 amide bonds. The molecule has 0 aliphatic rings. The molecular weight excluding hydrogens is 271 g/mol. The lowest BCUT2D eigenvalue weighted by Crippen LogP contribution is -2.28. The zero-order chi connectivity index (χ0) is 14.4. The van der Waals surface area contributed by atoms with Crippen molar-refractivity contribution >= 4 is 16.0 Å². The molecule has 0 aliphatic heterocycles. The monoisotopic (exact) mass is 285 g/mol. The molecule has 0 saturated heterocycles. The Morgan fingerprint density at radius 2 is 2.00 bits per heavy atom. The van der Waals surface area contributed by atoms with Crippen molar-refractivity contribution in [2.75, 3.05) is 0 Å². The second kappa shape index (κ2) is 6.58. The molecule has 0 fully saturated rings. The van der Waals surface area contributed by atoms with E-state index in [1.54, 1.807) is 13.0 Å². The van der Waals surface area contributed by atoms with Gasteiger partial charge in [0.2, 0.25) is 5.90 Å². The van der Waals surface area contributed by atoms with E-state index in [4.69, 9.17) is 0 Å². The van der Waals surface area contributed by atoms with Crippen molar-refractivity contribution in [3.63, 3.8) is 0 Å². The highest BCUT2D eigenvalue weighted by Crippen LogP contribution is 2.25. The third-order valence-electron chi connectivity index (χ3n) is 1.79. The molecule has 0 spiro atoms. The van der Waals surface area contributed by atoms with Crippen LogP contribution in [0.2, 0.25) is 0 Å². The first-order valence-electron chi connectivity index (χ1n) is 4.96. The fourth-order valence-electron chi connectivity index (χ4n) is 0.909. The van der Waals surface area contributed by atoms with Gasteiger partial charge >= 0.3 is 15.6 Å². The third kappa shape index (κ3) is 5.35. The summed E-state index contributed by atoms with van der Waals surface area (Å²) in [5.41, 5.74) is -5.48. The molecule has 0 aromatic heterocycles. The largest absolute Gasteiger partial charge is 0.534 e. The number of rotatable bonds is 6. The van der Waals surface area contributed by atoms with Crippen LogP contribution in [0, 0.1) is 0 Å². The highest BCUT2D eigenvalue weighted by molar-refractivity contribution is 7.88. The van der Waals surface area contributed by atoms with Gasteiger partial charge in [-0.2, -0.15) is 21.6 Å². The minimum Gasteiger partial charge on any atom is -0.356 e. The molecule has 18 heavy (non-hydrogen) atoms. The fourth-order valence-corrected chi connectivity index (χ4v) is 1.34. The van der Waals surface area contributed by atoms with Crippen molar-refractivity contribution in [1.82, 2.24) is 0 Å². The molecule has 0 heterocycles. The minimum atomic E-state index is -5.70. The van der Waals surface area contributed by atoms with Crippen LogP contribution in [-0.2, 0) is 14.3 Å². The molecule has 0 aromatic rings. The third-order valence-corrected chi connectivity index (χ3v) is 2.75. The van der Waals surface area contributed by atoms with E-state index in [-0.39, 0.29) is 0 Å². The lowest BCUT2D eigenvalue weighted by Gasteiger charge is -2.11. The predicted octanol–water partition coefficient (Wildman–Crippen LogP) is 2.79.